The number of benzene rings is 1. The number of ether oxygens (including phenoxy) is 2. The van der Waals surface area contributed by atoms with Crippen molar-refractivity contribution in [1.29, 1.82) is 0 Å². The van der Waals surface area contributed by atoms with Gasteiger partial charge in [-0.2, -0.15) is 9.97 Å². The van der Waals surface area contributed by atoms with Crippen LogP contribution in [-0.4, -0.2) is 21.6 Å². The summed E-state index contributed by atoms with van der Waals surface area (Å²) in [7, 11) is 0. The summed E-state index contributed by atoms with van der Waals surface area (Å²) < 4.78 is 11.0. The van der Waals surface area contributed by atoms with Crippen molar-refractivity contribution in [2.75, 3.05) is 12.0 Å². The van der Waals surface area contributed by atoms with E-state index in [0.717, 1.165) is 5.56 Å². The number of rotatable bonds is 6. The molecule has 0 saturated carbocycles. The smallest absolute Gasteiger partial charge is 0.330 e. The Labute approximate surface area is 122 Å². The minimum atomic E-state index is 0.110. The molecule has 0 unspecified atom stereocenters. The second-order valence-corrected chi connectivity index (χ2v) is 3.94. The van der Waals surface area contributed by atoms with Gasteiger partial charge in [0.25, 0.3) is 0 Å². The van der Waals surface area contributed by atoms with Crippen molar-refractivity contribution in [2.45, 2.75) is 13.8 Å². The SMILES string of the molecule is C/C=C/c1ccccc1Oc1nc(NN)nc(OCC)n1. The van der Waals surface area contributed by atoms with Crippen LogP contribution >= 0.6 is 0 Å². The van der Waals surface area contributed by atoms with E-state index in [0.29, 0.717) is 12.4 Å². The highest BCUT2D eigenvalue weighted by Crippen LogP contribution is 2.25. The number of hydrogen-bond donors (Lipinski definition) is 2. The monoisotopic (exact) mass is 287 g/mol. The van der Waals surface area contributed by atoms with E-state index >= 15 is 0 Å². The Morgan fingerprint density at radius 3 is 2.67 bits per heavy atom. The van der Waals surface area contributed by atoms with Crippen LogP contribution in [0.25, 0.3) is 6.08 Å². The second kappa shape index (κ2) is 7.20. The summed E-state index contributed by atoms with van der Waals surface area (Å²) in [5, 5.41) is 0. The highest BCUT2D eigenvalue weighted by molar-refractivity contribution is 5.57. The van der Waals surface area contributed by atoms with Crippen LogP contribution in [0.5, 0.6) is 17.8 Å². The first kappa shape index (κ1) is 14.7. The molecule has 3 N–H and O–H groups in total. The Balaban J connectivity index is 2.32. The highest BCUT2D eigenvalue weighted by Gasteiger charge is 2.10. The van der Waals surface area contributed by atoms with E-state index in [-0.39, 0.29) is 18.0 Å². The second-order valence-electron chi connectivity index (χ2n) is 3.94. The first-order valence-corrected chi connectivity index (χ1v) is 6.52. The predicted octanol–water partition coefficient (Wildman–Crippen LogP) is 2.38. The summed E-state index contributed by atoms with van der Waals surface area (Å²) in [4.78, 5) is 12.1. The molecule has 1 aromatic heterocycles. The molecule has 0 atom stereocenters. The van der Waals surface area contributed by atoms with Gasteiger partial charge >= 0.3 is 12.0 Å². The molecule has 7 heteroatoms. The fraction of sp³-hybridized carbons (Fsp3) is 0.214. The van der Waals surface area contributed by atoms with Crippen LogP contribution in [0.15, 0.2) is 30.3 Å². The van der Waals surface area contributed by atoms with Crippen LogP contribution in [0.1, 0.15) is 19.4 Å². The van der Waals surface area contributed by atoms with Crippen LogP contribution < -0.4 is 20.7 Å². The summed E-state index contributed by atoms with van der Waals surface area (Å²) in [6.07, 6.45) is 3.86. The molecule has 0 radical (unpaired) electrons. The number of nitrogens with zero attached hydrogens (tertiary/aromatic N) is 3. The van der Waals surface area contributed by atoms with Gasteiger partial charge in [0.2, 0.25) is 5.95 Å². The Morgan fingerprint density at radius 1 is 1.19 bits per heavy atom. The molecule has 0 aliphatic carbocycles. The first-order chi connectivity index (χ1) is 10.3. The van der Waals surface area contributed by atoms with E-state index < -0.39 is 0 Å². The number of aromatic nitrogens is 3. The van der Waals surface area contributed by atoms with Crippen LogP contribution in [0.4, 0.5) is 5.95 Å². The number of anilines is 1. The lowest BCUT2D eigenvalue weighted by Gasteiger charge is -2.09. The van der Waals surface area contributed by atoms with Gasteiger partial charge in [0.15, 0.2) is 0 Å². The van der Waals surface area contributed by atoms with E-state index in [1.807, 2.05) is 50.3 Å². The molecular formula is C14H17N5O2. The molecule has 0 bridgehead atoms. The van der Waals surface area contributed by atoms with E-state index in [9.17, 15) is 0 Å². The summed E-state index contributed by atoms with van der Waals surface area (Å²) >= 11 is 0. The van der Waals surface area contributed by atoms with Gasteiger partial charge < -0.3 is 9.47 Å². The number of nitrogen functional groups attached to an aromatic ring is 1. The summed E-state index contributed by atoms with van der Waals surface area (Å²) in [5.74, 6) is 6.13. The molecule has 2 aromatic rings. The fourth-order valence-electron chi connectivity index (χ4n) is 1.63. The molecule has 0 amide bonds. The molecule has 0 aliphatic heterocycles. The molecule has 1 aromatic carbocycles. The molecule has 0 aliphatic rings. The van der Waals surface area contributed by atoms with Crippen molar-refractivity contribution in [3.05, 3.63) is 35.9 Å². The maximum atomic E-state index is 5.70. The molecular weight excluding hydrogens is 270 g/mol. The maximum Gasteiger partial charge on any atom is 0.330 e. The van der Waals surface area contributed by atoms with Crippen LogP contribution in [0, 0.1) is 0 Å². The Kier molecular flexibility index (Phi) is 5.05. The number of hydrazine groups is 1. The number of hydrogen-bond acceptors (Lipinski definition) is 7. The Hall–Kier alpha value is -2.67. The van der Waals surface area contributed by atoms with E-state index in [1.54, 1.807) is 0 Å². The zero-order valence-electron chi connectivity index (χ0n) is 11.9. The van der Waals surface area contributed by atoms with E-state index in [2.05, 4.69) is 20.4 Å². The minimum absolute atomic E-state index is 0.110. The fourth-order valence-corrected chi connectivity index (χ4v) is 1.63. The van der Waals surface area contributed by atoms with Gasteiger partial charge in [-0.05, 0) is 19.9 Å². The van der Waals surface area contributed by atoms with Gasteiger partial charge in [0, 0.05) is 5.56 Å². The zero-order valence-corrected chi connectivity index (χ0v) is 11.9. The molecule has 0 spiro atoms. The Morgan fingerprint density at radius 2 is 1.95 bits per heavy atom. The molecule has 21 heavy (non-hydrogen) atoms. The van der Waals surface area contributed by atoms with Gasteiger partial charge in [-0.15, -0.1) is 4.98 Å². The molecule has 0 fully saturated rings. The standard InChI is InChI=1S/C14H17N5O2/c1-3-7-10-8-5-6-9-11(10)21-14-17-12(19-15)16-13(18-14)20-4-2/h3,5-9H,4,15H2,1-2H3,(H,16,17,18,19)/b7-3+. The van der Waals surface area contributed by atoms with Crippen LogP contribution in [0.2, 0.25) is 0 Å². The third kappa shape index (κ3) is 3.90. The molecule has 0 saturated heterocycles. The lowest BCUT2D eigenvalue weighted by molar-refractivity contribution is 0.303. The molecule has 2 rings (SSSR count). The van der Waals surface area contributed by atoms with Crippen molar-refractivity contribution in [2.24, 2.45) is 5.84 Å². The predicted molar refractivity (Wildman–Crippen MR) is 80.0 cm³/mol. The largest absolute Gasteiger partial charge is 0.464 e. The van der Waals surface area contributed by atoms with Crippen molar-refractivity contribution < 1.29 is 9.47 Å². The lowest BCUT2D eigenvalue weighted by Crippen LogP contribution is -2.12. The van der Waals surface area contributed by atoms with Crippen molar-refractivity contribution in [3.63, 3.8) is 0 Å². The average molecular weight is 287 g/mol. The number of nitrogens with one attached hydrogen (secondary N) is 1. The van der Waals surface area contributed by atoms with Crippen LogP contribution in [0.3, 0.4) is 0 Å². The number of allylic oxidation sites excluding steroid dienone is 1. The van der Waals surface area contributed by atoms with Gasteiger partial charge in [-0.3, -0.25) is 5.43 Å². The topological polar surface area (TPSA) is 95.2 Å². The minimum Gasteiger partial charge on any atom is -0.464 e. The van der Waals surface area contributed by atoms with Gasteiger partial charge in [-0.1, -0.05) is 30.4 Å². The van der Waals surface area contributed by atoms with Crippen molar-refractivity contribution in [3.8, 4) is 17.8 Å². The maximum absolute atomic E-state index is 5.70. The van der Waals surface area contributed by atoms with Gasteiger partial charge in [0.05, 0.1) is 6.61 Å². The first-order valence-electron chi connectivity index (χ1n) is 6.52. The number of nitrogens with two attached hydrogens (primary N) is 1. The summed E-state index contributed by atoms with van der Waals surface area (Å²) in [6.45, 7) is 4.20. The van der Waals surface area contributed by atoms with E-state index in [1.165, 1.54) is 0 Å². The molecule has 110 valence electrons. The third-order valence-electron chi connectivity index (χ3n) is 2.46. The quantitative estimate of drug-likeness (QED) is 0.622. The number of para-hydroxylation sites is 1. The van der Waals surface area contributed by atoms with Gasteiger partial charge in [-0.25, -0.2) is 5.84 Å². The molecule has 7 nitrogen and oxygen atoms in total. The normalized spacial score (nSPS) is 10.6. The van der Waals surface area contributed by atoms with E-state index in [4.69, 9.17) is 15.3 Å². The third-order valence-corrected chi connectivity index (χ3v) is 2.46. The van der Waals surface area contributed by atoms with Crippen molar-refractivity contribution >= 4 is 12.0 Å². The summed E-state index contributed by atoms with van der Waals surface area (Å²) in [6, 6.07) is 7.82. The highest BCUT2D eigenvalue weighted by atomic mass is 16.5. The molecule has 1 heterocycles. The van der Waals surface area contributed by atoms with Crippen molar-refractivity contribution in [1.82, 2.24) is 15.0 Å². The zero-order chi connectivity index (χ0) is 15.1. The average Bonchev–Trinajstić information content (AvgIpc) is 2.49. The summed E-state index contributed by atoms with van der Waals surface area (Å²) in [5.41, 5.74) is 3.27. The van der Waals surface area contributed by atoms with Gasteiger partial charge in [0.1, 0.15) is 5.75 Å². The Bertz CT molecular complexity index is 631. The van der Waals surface area contributed by atoms with Crippen LogP contribution in [-0.2, 0) is 0 Å². The lowest BCUT2D eigenvalue weighted by atomic mass is 10.2.